The fourth-order valence-corrected chi connectivity index (χ4v) is 15.4. The first-order valence-electron chi connectivity index (χ1n) is 35.3. The van der Waals surface area contributed by atoms with Gasteiger partial charge < -0.3 is 100 Å². The lowest BCUT2D eigenvalue weighted by molar-refractivity contribution is -0.347. The molecule has 1 aromatic heterocycles. The molecule has 39 nitrogen and oxygen atoms in total. The fraction of sp³-hybridized carbons (Fsp3) is 0.451. The third-order valence-corrected chi connectivity index (χ3v) is 21.7. The summed E-state index contributed by atoms with van der Waals surface area (Å²) in [4.78, 5) is 121. The third-order valence-electron chi connectivity index (χ3n) is 19.2. The number of aliphatic carboxylic acids is 1. The average molecular weight is 1640 g/mol. The highest BCUT2D eigenvalue weighted by atomic mass is 32.2. The van der Waals surface area contributed by atoms with E-state index in [0.717, 1.165) is 25.3 Å². The van der Waals surface area contributed by atoms with E-state index in [1.165, 1.54) is 55.5 Å². The van der Waals surface area contributed by atoms with Gasteiger partial charge >= 0.3 is 17.6 Å². The summed E-state index contributed by atoms with van der Waals surface area (Å²) >= 11 is 0. The first-order chi connectivity index (χ1) is 53.5. The number of aliphatic hydroxyl groups is 5. The van der Waals surface area contributed by atoms with E-state index < -0.39 is 244 Å². The number of esters is 1. The van der Waals surface area contributed by atoms with Gasteiger partial charge in [0, 0.05) is 41.7 Å². The number of carbonyl (C=O) groups is 7. The number of H-pyrrole nitrogens is 2. The molecule has 5 aromatic carbocycles. The van der Waals surface area contributed by atoms with Gasteiger partial charge in [-0.15, -0.1) is 0 Å². The number of carbonyl (C=O) groups excluding carboxylic acids is 6. The summed E-state index contributed by atoms with van der Waals surface area (Å²) in [6, 6.07) is 21.1. The van der Waals surface area contributed by atoms with Crippen LogP contribution in [0.2, 0.25) is 0 Å². The number of fused-ring (bicyclic) bond motifs is 1. The van der Waals surface area contributed by atoms with E-state index in [-0.39, 0.29) is 49.8 Å². The minimum absolute atomic E-state index is 0.0271. The van der Waals surface area contributed by atoms with E-state index in [0.29, 0.717) is 53.9 Å². The van der Waals surface area contributed by atoms with Crippen molar-refractivity contribution < 1.29 is 141 Å². The SMILES string of the molecule is C[C@@H]1O[C@@H](OC2C(NC(=O)c3cc(=O)[nH]c(=O)[nH]3)CC(C(=O)NCCNC(=O)COCCOCC(=O)Nc3ccc(-c4ccc(C(=O)Nc5cc(S(=O)(=O)O)cc6cc(S(=O)(=O)O)cc(S(=O)(=O)O)c56)cc4)cc3)CC2O[C@@H]2O[C@H](CO)[C@H](O)[C@H](O[C@@H](CC3CCCCC3)C(=O)O)[C@H]2OC(=O)c2ccccc2)[C@@H](O)[C@H](O)[C@@H]1O. The van der Waals surface area contributed by atoms with Gasteiger partial charge in [0.15, 0.2) is 24.8 Å². The number of amides is 5. The smallest absolute Gasteiger partial charge is 0.338 e. The number of hydrogen-bond acceptors (Lipinski definition) is 28. The molecule has 2 saturated carbocycles. The molecule has 6 aromatic rings. The number of aliphatic hydroxyl groups excluding tert-OH is 5. The molecule has 3 heterocycles. The Balaban J connectivity index is 0.753. The summed E-state index contributed by atoms with van der Waals surface area (Å²) in [5.41, 5.74) is -1.88. The normalized spacial score (nSPS) is 24.6. The van der Waals surface area contributed by atoms with E-state index in [1.54, 1.807) is 30.3 Å². The summed E-state index contributed by atoms with van der Waals surface area (Å²) in [5.74, 6) is -7.93. The zero-order valence-electron chi connectivity index (χ0n) is 59.9. The van der Waals surface area contributed by atoms with Crippen LogP contribution in [-0.2, 0) is 87.4 Å². The Hall–Kier alpha value is -9.42. The van der Waals surface area contributed by atoms with Gasteiger partial charge in [-0.25, -0.2) is 14.4 Å². The second-order valence-electron chi connectivity index (χ2n) is 27.1. The maximum Gasteiger partial charge on any atom is 0.338 e. The first-order valence-corrected chi connectivity index (χ1v) is 39.6. The molecule has 2 saturated heterocycles. The van der Waals surface area contributed by atoms with Crippen molar-refractivity contribution in [2.24, 2.45) is 11.8 Å². The van der Waals surface area contributed by atoms with E-state index in [1.807, 2.05) is 4.98 Å². The van der Waals surface area contributed by atoms with Crippen LogP contribution in [0.15, 0.2) is 133 Å². The monoisotopic (exact) mass is 1640 g/mol. The second kappa shape index (κ2) is 37.7. The van der Waals surface area contributed by atoms with E-state index in [4.69, 9.17) is 37.9 Å². The molecule has 612 valence electrons. The third kappa shape index (κ3) is 22.5. The molecule has 16 N–H and O–H groups in total. The topological polar surface area (TPSA) is 604 Å². The van der Waals surface area contributed by atoms with Crippen LogP contribution in [0, 0.1) is 11.8 Å². The molecule has 10 rings (SSSR count). The molecular weight excluding hydrogens is 1560 g/mol. The first kappa shape index (κ1) is 86.0. The average Bonchev–Trinajstić information content (AvgIpc) is 0.751. The van der Waals surface area contributed by atoms with Crippen LogP contribution < -0.4 is 37.8 Å². The number of aromatic amines is 2. The van der Waals surface area contributed by atoms with Crippen molar-refractivity contribution >= 4 is 94.0 Å². The van der Waals surface area contributed by atoms with Crippen LogP contribution >= 0.6 is 0 Å². The summed E-state index contributed by atoms with van der Waals surface area (Å²) < 4.78 is 151. The maximum absolute atomic E-state index is 14.5. The zero-order chi connectivity index (χ0) is 81.8. The number of carboxylic acids is 1. The molecule has 4 fully saturated rings. The largest absolute Gasteiger partial charge is 0.479 e. The molecule has 42 heteroatoms. The molecular formula is C71H83N7O32S3. The van der Waals surface area contributed by atoms with Gasteiger partial charge in [-0.2, -0.15) is 25.3 Å². The molecule has 113 heavy (non-hydrogen) atoms. The number of rotatable bonds is 32. The van der Waals surface area contributed by atoms with Crippen LogP contribution in [0.25, 0.3) is 21.9 Å². The second-order valence-corrected chi connectivity index (χ2v) is 31.4. The van der Waals surface area contributed by atoms with Crippen LogP contribution in [0.3, 0.4) is 0 Å². The lowest BCUT2D eigenvalue weighted by Gasteiger charge is -2.48. The van der Waals surface area contributed by atoms with E-state index in [9.17, 15) is 113 Å². The molecule has 0 spiro atoms. The Morgan fingerprint density at radius 1 is 0.619 bits per heavy atom. The summed E-state index contributed by atoms with van der Waals surface area (Å²) in [5, 5.41) is 77.9. The lowest BCUT2D eigenvalue weighted by Crippen LogP contribution is -2.65. The Labute approximate surface area is 643 Å². The Kier molecular flexibility index (Phi) is 28.7. The summed E-state index contributed by atoms with van der Waals surface area (Å²) in [6.07, 6.45) is -19.9. The van der Waals surface area contributed by atoms with Crippen molar-refractivity contribution in [3.05, 3.63) is 147 Å². The standard InChI is InChI=1S/C71H83N7O32S3/c1-35-57(83)59(85)60(86)69(105-35)110-61-47(76-66(89)48-31-53(80)78-71(93)77-48)27-42(28-49(61)107-70-63(109-68(92)40-10-6-3-7-11-40)62(58(84)51(32-79)108-70)106-50(67(90)91)24-36-8-4-2-5-9-36)64(87)73-21-20-72-54(81)33-103-22-23-104-34-55(82)74-43-18-16-38(17-19-43)37-12-14-39(15-13-37)65(88)75-46-29-44(111(94,95)96)25-41-26-45(112(97,98)99)30-52(56(41)46)113(100,101)102/h3,6-7,10-19,25-26,29-31,35-36,42,47,49-51,57-63,69-70,79,83-86H,2,4-5,8-9,20-24,27-28,32-34H2,1H3,(H,72,81)(H,73,87)(H,74,82)(H,75,88)(H,76,89)(H,90,91)(H,94,95,96)(H,97,98,99)(H,100,101,102)(H2,77,78,80,93)/t35-,42?,47?,49?,50-,51+,57+,58-,59+,60-,61?,62-,63+,69-,70+/m0/s1. The van der Waals surface area contributed by atoms with Crippen molar-refractivity contribution in [1.29, 1.82) is 0 Å². The predicted octanol–water partition coefficient (Wildman–Crippen LogP) is -0.00110. The van der Waals surface area contributed by atoms with Crippen molar-refractivity contribution in [2.75, 3.05) is 56.8 Å². The Bertz CT molecular complexity index is 4880. The number of benzene rings is 5. The molecule has 2 aliphatic heterocycles. The van der Waals surface area contributed by atoms with Crippen LogP contribution in [0.5, 0.6) is 0 Å². The van der Waals surface area contributed by atoms with Crippen molar-refractivity contribution in [3.63, 3.8) is 0 Å². The highest BCUT2D eigenvalue weighted by Crippen LogP contribution is 2.40. The molecule has 0 radical (unpaired) electrons. The molecule has 4 unspecified atom stereocenters. The van der Waals surface area contributed by atoms with Gasteiger partial charge in [0.05, 0.1) is 59.1 Å². The summed E-state index contributed by atoms with van der Waals surface area (Å²) in [7, 11) is -15.5. The van der Waals surface area contributed by atoms with Gasteiger partial charge in [-0.1, -0.05) is 74.6 Å². The van der Waals surface area contributed by atoms with E-state index >= 15 is 0 Å². The Morgan fingerprint density at radius 2 is 1.25 bits per heavy atom. The Morgan fingerprint density at radius 3 is 1.87 bits per heavy atom. The quantitative estimate of drug-likeness (QED) is 0.0150. The van der Waals surface area contributed by atoms with Crippen LogP contribution in [0.4, 0.5) is 11.4 Å². The number of carboxylic acid groups (broad SMARTS) is 1. The minimum atomic E-state index is -5.32. The lowest BCUT2D eigenvalue weighted by atomic mass is 9.80. The van der Waals surface area contributed by atoms with Crippen LogP contribution in [-0.4, -0.2) is 253 Å². The van der Waals surface area contributed by atoms with Gasteiger partial charge in [0.2, 0.25) is 17.7 Å². The number of nitrogens with one attached hydrogen (secondary N) is 7. The zero-order valence-corrected chi connectivity index (χ0v) is 62.3. The van der Waals surface area contributed by atoms with Gasteiger partial charge in [0.1, 0.15) is 66.5 Å². The molecule has 15 atom stereocenters. The molecule has 4 aliphatic rings. The highest BCUT2D eigenvalue weighted by Gasteiger charge is 2.55. The number of ether oxygens (including phenoxy) is 8. The van der Waals surface area contributed by atoms with Gasteiger partial charge in [-0.05, 0) is 109 Å². The van der Waals surface area contributed by atoms with Gasteiger partial charge in [0.25, 0.3) is 47.7 Å². The van der Waals surface area contributed by atoms with Crippen molar-refractivity contribution in [3.8, 4) is 11.1 Å². The molecule has 0 bridgehead atoms. The highest BCUT2D eigenvalue weighted by molar-refractivity contribution is 7.87. The maximum atomic E-state index is 14.5. The fourth-order valence-electron chi connectivity index (χ4n) is 13.5. The number of aromatic nitrogens is 2. The van der Waals surface area contributed by atoms with E-state index in [2.05, 4.69) is 31.6 Å². The molecule has 2 aliphatic carbocycles. The van der Waals surface area contributed by atoms with Crippen molar-refractivity contribution in [1.82, 2.24) is 25.9 Å². The summed E-state index contributed by atoms with van der Waals surface area (Å²) in [6.45, 7) is -1.36. The minimum Gasteiger partial charge on any atom is -0.479 e. The number of anilines is 2. The van der Waals surface area contributed by atoms with Crippen molar-refractivity contribution in [2.45, 2.75) is 159 Å². The van der Waals surface area contributed by atoms with Gasteiger partial charge in [-0.3, -0.25) is 47.4 Å². The predicted molar refractivity (Wildman–Crippen MR) is 388 cm³/mol. The molecule has 5 amide bonds. The number of hydrogen-bond donors (Lipinski definition) is 16. The van der Waals surface area contributed by atoms with Crippen LogP contribution in [0.1, 0.15) is 89.5 Å².